The van der Waals surface area contributed by atoms with E-state index in [1.54, 1.807) is 0 Å². The van der Waals surface area contributed by atoms with E-state index in [1.807, 2.05) is 83.7 Å². The van der Waals surface area contributed by atoms with Crippen molar-refractivity contribution in [3.8, 4) is 16.9 Å². The minimum Gasteiger partial charge on any atom is -0.312 e. The Balaban J connectivity index is 0.00000240. The smallest absolute Gasteiger partial charge is 0.0973 e. The van der Waals surface area contributed by atoms with Gasteiger partial charge in [-0.1, -0.05) is 48.0 Å². The lowest BCUT2D eigenvalue weighted by atomic mass is 10.1. The fourth-order valence-electron chi connectivity index (χ4n) is 3.12. The number of nitrogens with zero attached hydrogens (tertiary/aromatic N) is 3. The first kappa shape index (κ1) is 21.1. The zero-order valence-electron chi connectivity index (χ0n) is 15.8. The molecule has 0 unspecified atom stereocenters. The van der Waals surface area contributed by atoms with Crippen molar-refractivity contribution < 1.29 is 0 Å². The first-order valence-corrected chi connectivity index (χ1v) is 9.68. The fraction of sp³-hybridized carbons (Fsp3) is 0.130. The van der Waals surface area contributed by atoms with Crippen LogP contribution in [0.4, 0.5) is 0 Å². The standard InChI is InChI=1S/C23H21ClN4.ClH/c24-20-8-6-7-18(15-20)23-19(16-25-14-12-21-9-4-5-13-26-21)17-28(27-23)22-10-2-1-3-11-22;/h1-11,13,15,17,25H,12,14,16H2;1H. The highest BCUT2D eigenvalue weighted by Crippen LogP contribution is 2.26. The van der Waals surface area contributed by atoms with Gasteiger partial charge in [0.15, 0.2) is 0 Å². The van der Waals surface area contributed by atoms with Crippen LogP contribution in [0.1, 0.15) is 11.3 Å². The second-order valence-electron chi connectivity index (χ2n) is 6.54. The largest absolute Gasteiger partial charge is 0.312 e. The maximum Gasteiger partial charge on any atom is 0.0973 e. The van der Waals surface area contributed by atoms with Crippen LogP contribution in [-0.2, 0) is 13.0 Å². The van der Waals surface area contributed by atoms with Gasteiger partial charge in [0, 0.05) is 53.7 Å². The molecule has 2 heterocycles. The van der Waals surface area contributed by atoms with Crippen molar-refractivity contribution in [2.75, 3.05) is 6.54 Å². The van der Waals surface area contributed by atoms with Gasteiger partial charge in [0.2, 0.25) is 0 Å². The number of halogens is 2. The molecule has 0 aliphatic rings. The summed E-state index contributed by atoms with van der Waals surface area (Å²) in [4.78, 5) is 4.37. The van der Waals surface area contributed by atoms with Gasteiger partial charge < -0.3 is 5.32 Å². The highest BCUT2D eigenvalue weighted by atomic mass is 35.5. The average Bonchev–Trinajstić information content (AvgIpc) is 3.17. The predicted molar refractivity (Wildman–Crippen MR) is 121 cm³/mol. The van der Waals surface area contributed by atoms with Crippen molar-refractivity contribution in [3.05, 3.63) is 101 Å². The lowest BCUT2D eigenvalue weighted by Gasteiger charge is -2.05. The second kappa shape index (κ2) is 10.2. The number of pyridine rings is 1. The summed E-state index contributed by atoms with van der Waals surface area (Å²) >= 11 is 6.21. The van der Waals surface area contributed by atoms with Crippen molar-refractivity contribution in [1.29, 1.82) is 0 Å². The summed E-state index contributed by atoms with van der Waals surface area (Å²) in [6.45, 7) is 1.57. The Bertz CT molecular complexity index is 1030. The van der Waals surface area contributed by atoms with E-state index in [0.717, 1.165) is 47.7 Å². The Morgan fingerprint density at radius 1 is 0.931 bits per heavy atom. The molecule has 0 radical (unpaired) electrons. The molecular weight excluding hydrogens is 403 g/mol. The minimum absolute atomic E-state index is 0. The minimum atomic E-state index is 0. The average molecular weight is 425 g/mol. The topological polar surface area (TPSA) is 42.7 Å². The van der Waals surface area contributed by atoms with Crippen molar-refractivity contribution >= 4 is 24.0 Å². The molecule has 4 aromatic rings. The molecule has 4 rings (SSSR count). The third kappa shape index (κ3) is 5.45. The van der Waals surface area contributed by atoms with Crippen molar-refractivity contribution in [1.82, 2.24) is 20.1 Å². The normalized spacial score (nSPS) is 10.5. The van der Waals surface area contributed by atoms with Gasteiger partial charge in [0.25, 0.3) is 0 Å². The number of nitrogens with one attached hydrogen (secondary N) is 1. The molecule has 2 aromatic carbocycles. The van der Waals surface area contributed by atoms with Crippen LogP contribution in [0.5, 0.6) is 0 Å². The van der Waals surface area contributed by atoms with Crippen LogP contribution in [-0.4, -0.2) is 21.3 Å². The molecule has 29 heavy (non-hydrogen) atoms. The summed E-state index contributed by atoms with van der Waals surface area (Å²) in [6.07, 6.45) is 4.80. The van der Waals surface area contributed by atoms with Crippen LogP contribution >= 0.6 is 24.0 Å². The molecule has 4 nitrogen and oxygen atoms in total. The molecule has 0 spiro atoms. The van der Waals surface area contributed by atoms with E-state index in [4.69, 9.17) is 16.7 Å². The summed E-state index contributed by atoms with van der Waals surface area (Å²) in [5, 5.41) is 9.06. The zero-order chi connectivity index (χ0) is 19.2. The maximum absolute atomic E-state index is 6.21. The molecule has 0 atom stereocenters. The maximum atomic E-state index is 6.21. The number of hydrogen-bond donors (Lipinski definition) is 1. The Morgan fingerprint density at radius 3 is 2.52 bits per heavy atom. The van der Waals surface area contributed by atoms with Crippen LogP contribution in [0.25, 0.3) is 16.9 Å². The molecule has 6 heteroatoms. The van der Waals surface area contributed by atoms with E-state index in [2.05, 4.69) is 16.5 Å². The molecule has 0 saturated heterocycles. The lowest BCUT2D eigenvalue weighted by molar-refractivity contribution is 0.680. The van der Waals surface area contributed by atoms with Gasteiger partial charge in [0.1, 0.15) is 0 Å². The number of para-hydroxylation sites is 1. The summed E-state index contributed by atoms with van der Waals surface area (Å²) < 4.78 is 1.92. The van der Waals surface area contributed by atoms with E-state index in [0.29, 0.717) is 5.02 Å². The molecule has 2 aromatic heterocycles. The molecule has 148 valence electrons. The van der Waals surface area contributed by atoms with Gasteiger partial charge in [-0.05, 0) is 36.4 Å². The fourth-order valence-corrected chi connectivity index (χ4v) is 3.31. The van der Waals surface area contributed by atoms with E-state index >= 15 is 0 Å². The third-order valence-corrected chi connectivity index (χ3v) is 4.74. The first-order chi connectivity index (χ1) is 13.8. The Kier molecular flexibility index (Phi) is 7.42. The second-order valence-corrected chi connectivity index (χ2v) is 6.98. The first-order valence-electron chi connectivity index (χ1n) is 9.30. The summed E-state index contributed by atoms with van der Waals surface area (Å²) in [5.41, 5.74) is 5.21. The van der Waals surface area contributed by atoms with Crippen LogP contribution in [0, 0.1) is 0 Å². The quantitative estimate of drug-likeness (QED) is 0.407. The van der Waals surface area contributed by atoms with Gasteiger partial charge in [-0.2, -0.15) is 5.10 Å². The molecule has 0 saturated carbocycles. The molecule has 0 bridgehead atoms. The van der Waals surface area contributed by atoms with Crippen molar-refractivity contribution in [2.45, 2.75) is 13.0 Å². The monoisotopic (exact) mass is 424 g/mol. The van der Waals surface area contributed by atoms with Crippen molar-refractivity contribution in [2.24, 2.45) is 0 Å². The van der Waals surface area contributed by atoms with Gasteiger partial charge in [0.05, 0.1) is 11.4 Å². The number of benzene rings is 2. The third-order valence-electron chi connectivity index (χ3n) is 4.51. The van der Waals surface area contributed by atoms with E-state index < -0.39 is 0 Å². The highest BCUT2D eigenvalue weighted by molar-refractivity contribution is 6.30. The summed E-state index contributed by atoms with van der Waals surface area (Å²) in [7, 11) is 0. The molecule has 1 N–H and O–H groups in total. The SMILES string of the molecule is Cl.Clc1cccc(-c2nn(-c3ccccc3)cc2CNCCc2ccccn2)c1. The van der Waals surface area contributed by atoms with Crippen LogP contribution in [0.15, 0.2) is 85.2 Å². The summed E-state index contributed by atoms with van der Waals surface area (Å²) in [5.74, 6) is 0. The summed E-state index contributed by atoms with van der Waals surface area (Å²) in [6, 6.07) is 24.0. The van der Waals surface area contributed by atoms with Crippen LogP contribution < -0.4 is 5.32 Å². The van der Waals surface area contributed by atoms with Crippen LogP contribution in [0.2, 0.25) is 5.02 Å². The molecule has 0 fully saturated rings. The predicted octanol–water partition coefficient (Wildman–Crippen LogP) is 5.34. The number of hydrogen-bond acceptors (Lipinski definition) is 3. The van der Waals surface area contributed by atoms with Crippen LogP contribution in [0.3, 0.4) is 0 Å². The van der Waals surface area contributed by atoms with Gasteiger partial charge in [-0.15, -0.1) is 12.4 Å². The number of aromatic nitrogens is 3. The van der Waals surface area contributed by atoms with Crippen molar-refractivity contribution in [3.63, 3.8) is 0 Å². The van der Waals surface area contributed by atoms with Gasteiger partial charge in [-0.25, -0.2) is 4.68 Å². The molecule has 0 aliphatic carbocycles. The highest BCUT2D eigenvalue weighted by Gasteiger charge is 2.12. The molecule has 0 amide bonds. The van der Waals surface area contributed by atoms with Gasteiger partial charge >= 0.3 is 0 Å². The Labute approximate surface area is 182 Å². The van der Waals surface area contributed by atoms with E-state index in [-0.39, 0.29) is 12.4 Å². The zero-order valence-corrected chi connectivity index (χ0v) is 17.4. The van der Waals surface area contributed by atoms with Gasteiger partial charge in [-0.3, -0.25) is 4.98 Å². The molecule has 0 aliphatic heterocycles. The Morgan fingerprint density at radius 2 is 1.76 bits per heavy atom. The molecular formula is C23H22Cl2N4. The van der Waals surface area contributed by atoms with E-state index in [9.17, 15) is 0 Å². The van der Waals surface area contributed by atoms with E-state index in [1.165, 1.54) is 0 Å². The lowest BCUT2D eigenvalue weighted by Crippen LogP contribution is -2.17. The Hall–Kier alpha value is -2.66. The number of rotatable bonds is 7.